The molecule has 0 aliphatic rings. The Balaban J connectivity index is 1.39. The van der Waals surface area contributed by atoms with Gasteiger partial charge in [0.15, 0.2) is 5.82 Å². The first-order chi connectivity index (χ1) is 15.1. The summed E-state index contributed by atoms with van der Waals surface area (Å²) in [4.78, 5) is 7.56. The zero-order valence-electron chi connectivity index (χ0n) is 16.1. The summed E-state index contributed by atoms with van der Waals surface area (Å²) in [6.45, 7) is 0.325. The molecule has 0 fully saturated rings. The van der Waals surface area contributed by atoms with Crippen molar-refractivity contribution >= 4 is 17.0 Å². The molecule has 0 aliphatic heterocycles. The van der Waals surface area contributed by atoms with Crippen molar-refractivity contribution in [3.05, 3.63) is 90.6 Å². The Morgan fingerprint density at radius 2 is 1.74 bits per heavy atom. The third-order valence-corrected chi connectivity index (χ3v) is 4.68. The topological polar surface area (TPSA) is 96.5 Å². The van der Waals surface area contributed by atoms with Gasteiger partial charge in [-0.3, -0.25) is 9.27 Å². The number of benzene rings is 3. The molecular formula is C22H18FN3O4S. The normalized spacial score (nSPS) is 11.7. The van der Waals surface area contributed by atoms with Crippen LogP contribution in [0.3, 0.4) is 0 Å². The van der Waals surface area contributed by atoms with Gasteiger partial charge in [0.25, 0.3) is 11.3 Å². The van der Waals surface area contributed by atoms with Gasteiger partial charge in [0, 0.05) is 6.07 Å². The van der Waals surface area contributed by atoms with Crippen LogP contribution >= 0.6 is 0 Å². The molecule has 158 valence electrons. The van der Waals surface area contributed by atoms with Crippen LogP contribution in [0.25, 0.3) is 11.3 Å². The first-order valence-corrected chi connectivity index (χ1v) is 10.3. The van der Waals surface area contributed by atoms with Gasteiger partial charge in [-0.05, 0) is 54.1 Å². The molecule has 4 aromatic rings. The van der Waals surface area contributed by atoms with Crippen molar-refractivity contribution < 1.29 is 22.6 Å². The van der Waals surface area contributed by atoms with E-state index in [2.05, 4.69) is 14.7 Å². The second-order valence-corrected chi connectivity index (χ2v) is 7.17. The van der Waals surface area contributed by atoms with Gasteiger partial charge in [-0.1, -0.05) is 18.2 Å². The number of hydrogen-bond donors (Lipinski definition) is 3. The fourth-order valence-electron chi connectivity index (χ4n) is 2.83. The fourth-order valence-corrected chi connectivity index (χ4v) is 3.18. The van der Waals surface area contributed by atoms with Crippen LogP contribution in [0.15, 0.2) is 79.0 Å². The van der Waals surface area contributed by atoms with E-state index >= 15 is 0 Å². The maximum absolute atomic E-state index is 14.0. The average Bonchev–Trinajstić information content (AvgIpc) is 3.24. The molecule has 7 nitrogen and oxygen atoms in total. The van der Waals surface area contributed by atoms with E-state index in [9.17, 15) is 8.60 Å². The van der Waals surface area contributed by atoms with Crippen LogP contribution in [0.5, 0.6) is 17.2 Å². The monoisotopic (exact) mass is 439 g/mol. The Bertz CT molecular complexity index is 1180. The Labute approximate surface area is 180 Å². The molecule has 3 aromatic carbocycles. The second kappa shape index (κ2) is 9.41. The van der Waals surface area contributed by atoms with E-state index in [1.807, 2.05) is 42.5 Å². The van der Waals surface area contributed by atoms with Gasteiger partial charge in [-0.2, -0.15) is 0 Å². The number of nitrogens with one attached hydrogen (secondary N) is 2. The van der Waals surface area contributed by atoms with E-state index in [4.69, 9.17) is 14.0 Å². The van der Waals surface area contributed by atoms with E-state index in [0.29, 0.717) is 18.2 Å². The van der Waals surface area contributed by atoms with E-state index in [1.165, 1.54) is 12.1 Å². The zero-order chi connectivity index (χ0) is 21.6. The molecule has 3 N–H and O–H groups in total. The van der Waals surface area contributed by atoms with Crippen LogP contribution in [-0.4, -0.2) is 18.7 Å². The molecule has 1 aromatic heterocycles. The minimum Gasteiger partial charge on any atom is -0.486 e. The van der Waals surface area contributed by atoms with Gasteiger partial charge in [-0.25, -0.2) is 13.6 Å². The van der Waals surface area contributed by atoms with Crippen LogP contribution in [-0.2, 0) is 17.9 Å². The summed E-state index contributed by atoms with van der Waals surface area (Å²) in [5.41, 5.74) is 1.65. The highest BCUT2D eigenvalue weighted by Gasteiger charge is 2.08. The number of aromatic nitrogens is 2. The highest BCUT2D eigenvalue weighted by Crippen LogP contribution is 2.28. The SMILES string of the molecule is O=S(O)Nc1ccc(Oc2ccc(-c3cnc(COc4ccccc4)[nH]3)cc2)cc1F. The number of hydrogen-bond acceptors (Lipinski definition) is 4. The van der Waals surface area contributed by atoms with Gasteiger partial charge >= 0.3 is 0 Å². The molecule has 0 aliphatic carbocycles. The molecule has 1 atom stereocenters. The van der Waals surface area contributed by atoms with Gasteiger partial charge in [0.2, 0.25) is 0 Å². The van der Waals surface area contributed by atoms with Crippen molar-refractivity contribution in [1.82, 2.24) is 9.97 Å². The van der Waals surface area contributed by atoms with Crippen LogP contribution in [0.2, 0.25) is 0 Å². The second-order valence-electron chi connectivity index (χ2n) is 6.46. The largest absolute Gasteiger partial charge is 0.486 e. The zero-order valence-corrected chi connectivity index (χ0v) is 16.9. The summed E-state index contributed by atoms with van der Waals surface area (Å²) in [5, 5.41) is 0. The molecule has 0 bridgehead atoms. The summed E-state index contributed by atoms with van der Waals surface area (Å²) in [5.74, 6) is 1.56. The van der Waals surface area contributed by atoms with Gasteiger partial charge in [-0.15, -0.1) is 0 Å². The third kappa shape index (κ3) is 5.47. The van der Waals surface area contributed by atoms with E-state index in [-0.39, 0.29) is 11.4 Å². The lowest BCUT2D eigenvalue weighted by atomic mass is 10.1. The number of anilines is 1. The van der Waals surface area contributed by atoms with Gasteiger partial charge < -0.3 is 14.5 Å². The molecule has 0 saturated heterocycles. The maximum atomic E-state index is 14.0. The molecule has 1 heterocycles. The van der Waals surface area contributed by atoms with Crippen molar-refractivity contribution in [2.24, 2.45) is 0 Å². The van der Waals surface area contributed by atoms with Crippen LogP contribution in [0.1, 0.15) is 5.82 Å². The minimum absolute atomic E-state index is 0.0881. The summed E-state index contributed by atoms with van der Waals surface area (Å²) >= 11 is -2.35. The van der Waals surface area contributed by atoms with E-state index in [1.54, 1.807) is 18.3 Å². The summed E-state index contributed by atoms with van der Waals surface area (Å²) < 4.78 is 46.9. The van der Waals surface area contributed by atoms with Crippen molar-refractivity contribution in [2.75, 3.05) is 4.72 Å². The molecule has 9 heteroatoms. The quantitative estimate of drug-likeness (QED) is 0.331. The fraction of sp³-hybridized carbons (Fsp3) is 0.0455. The Morgan fingerprint density at radius 1 is 1.00 bits per heavy atom. The van der Waals surface area contributed by atoms with Crippen molar-refractivity contribution in [2.45, 2.75) is 6.61 Å². The lowest BCUT2D eigenvalue weighted by molar-refractivity contribution is 0.297. The molecule has 0 saturated carbocycles. The molecule has 1 unspecified atom stereocenters. The van der Waals surface area contributed by atoms with Gasteiger partial charge in [0.1, 0.15) is 29.7 Å². The predicted molar refractivity (Wildman–Crippen MR) is 116 cm³/mol. The number of halogens is 1. The number of para-hydroxylation sites is 1. The standard InChI is InChI=1S/C22H18FN3O4S/c23-19-12-18(10-11-20(19)26-31(27)28)30-17-8-6-15(7-9-17)21-13-24-22(25-21)14-29-16-4-2-1-3-5-16/h1-13,26H,14H2,(H,24,25)(H,27,28). The smallest absolute Gasteiger partial charge is 0.259 e. The first kappa shape index (κ1) is 20.6. The van der Waals surface area contributed by atoms with Crippen LogP contribution in [0.4, 0.5) is 10.1 Å². The van der Waals surface area contributed by atoms with Crippen molar-refractivity contribution in [1.29, 1.82) is 0 Å². The number of H-pyrrole nitrogens is 1. The molecule has 0 amide bonds. The molecule has 0 spiro atoms. The van der Waals surface area contributed by atoms with Gasteiger partial charge in [0.05, 0.1) is 17.6 Å². The lowest BCUT2D eigenvalue weighted by Crippen LogP contribution is -2.03. The number of aromatic amines is 1. The number of ether oxygens (including phenoxy) is 2. The molecule has 31 heavy (non-hydrogen) atoms. The Hall–Kier alpha value is -3.69. The molecule has 0 radical (unpaired) electrons. The Kier molecular flexibility index (Phi) is 6.25. The van der Waals surface area contributed by atoms with Crippen LogP contribution < -0.4 is 14.2 Å². The molecule has 4 rings (SSSR count). The average molecular weight is 439 g/mol. The predicted octanol–water partition coefficient (Wildman–Crippen LogP) is 5.14. The number of rotatable bonds is 8. The summed E-state index contributed by atoms with van der Waals surface area (Å²) in [6.07, 6.45) is 1.73. The number of imidazole rings is 1. The van der Waals surface area contributed by atoms with Crippen LogP contribution in [0, 0.1) is 5.82 Å². The Morgan fingerprint density at radius 3 is 2.45 bits per heavy atom. The van der Waals surface area contributed by atoms with Crippen molar-refractivity contribution in [3.8, 4) is 28.5 Å². The van der Waals surface area contributed by atoms with E-state index in [0.717, 1.165) is 23.1 Å². The highest BCUT2D eigenvalue weighted by molar-refractivity contribution is 7.80. The first-order valence-electron chi connectivity index (χ1n) is 9.24. The summed E-state index contributed by atoms with van der Waals surface area (Å²) in [7, 11) is 0. The molecular weight excluding hydrogens is 421 g/mol. The third-order valence-electron chi connectivity index (χ3n) is 4.29. The minimum atomic E-state index is -2.35. The van der Waals surface area contributed by atoms with Crippen molar-refractivity contribution in [3.63, 3.8) is 0 Å². The van der Waals surface area contributed by atoms with E-state index < -0.39 is 17.1 Å². The maximum Gasteiger partial charge on any atom is 0.259 e. The number of nitrogens with zero attached hydrogens (tertiary/aromatic N) is 1. The summed E-state index contributed by atoms with van der Waals surface area (Å²) in [6, 6.07) is 20.7. The highest BCUT2D eigenvalue weighted by atomic mass is 32.2. The lowest BCUT2D eigenvalue weighted by Gasteiger charge is -2.09.